The van der Waals surface area contributed by atoms with Crippen LogP contribution in [0.15, 0.2) is 0 Å². The maximum Gasteiger partial charge on any atom is 1.00 e. The van der Waals surface area contributed by atoms with Crippen molar-refractivity contribution in [1.29, 1.82) is 0 Å². The van der Waals surface area contributed by atoms with Crippen LogP contribution in [0.1, 0.15) is 1.43 Å². The van der Waals surface area contributed by atoms with Gasteiger partial charge in [0.25, 0.3) is 0 Å². The topological polar surface area (TPSA) is 64.1 Å². The summed E-state index contributed by atoms with van der Waals surface area (Å²) in [6.45, 7) is 3.13. The summed E-state index contributed by atoms with van der Waals surface area (Å²) < 4.78 is 0. The Balaban J connectivity index is -0.0000000600. The van der Waals surface area contributed by atoms with Crippen molar-refractivity contribution in [3.63, 3.8) is 0 Å². The molecule has 9 heavy (non-hydrogen) atoms. The molecule has 0 heterocycles. The minimum atomic E-state index is 0. The minimum absolute atomic E-state index is 0. The Morgan fingerprint density at radius 3 is 1.67 bits per heavy atom. The Bertz CT molecular complexity index is 39.7. The molecule has 3 nitrogen and oxygen atoms in total. The molecule has 0 radical (unpaired) electrons. The van der Waals surface area contributed by atoms with Gasteiger partial charge in [-0.1, -0.05) is 0 Å². The summed E-state index contributed by atoms with van der Waals surface area (Å²) in [5, 5.41) is 3.03. The maximum atomic E-state index is 5.17. The van der Waals surface area contributed by atoms with E-state index in [4.69, 9.17) is 11.5 Å². The number of rotatable bonds is 4. The summed E-state index contributed by atoms with van der Waals surface area (Å²) in [5.41, 5.74) is 10.3. The van der Waals surface area contributed by atoms with Gasteiger partial charge in [-0.3, -0.25) is 0 Å². The van der Waals surface area contributed by atoms with Crippen LogP contribution in [0.4, 0.5) is 0 Å². The number of nitrogens with one attached hydrogen (secondary N) is 1. The van der Waals surface area contributed by atoms with Gasteiger partial charge in [-0.15, -0.1) is 0 Å². The molecule has 0 saturated carbocycles. The normalized spacial score (nSPS) is 7.33. The molecule has 0 unspecified atom stereocenters. The van der Waals surface area contributed by atoms with E-state index in [1.54, 1.807) is 0 Å². The zero-order chi connectivity index (χ0) is 5.54. The first-order valence-electron chi connectivity index (χ1n) is 2.52. The van der Waals surface area contributed by atoms with E-state index in [0.717, 1.165) is 13.1 Å². The summed E-state index contributed by atoms with van der Waals surface area (Å²) >= 11 is 0. The van der Waals surface area contributed by atoms with E-state index in [-0.39, 0.29) is 48.1 Å². The summed E-state index contributed by atoms with van der Waals surface area (Å²) in [4.78, 5) is 0. The van der Waals surface area contributed by atoms with Crippen LogP contribution in [-0.2, 0) is 17.1 Å². The third-order valence-electron chi connectivity index (χ3n) is 0.642. The van der Waals surface area contributed by atoms with Crippen molar-refractivity contribution < 1.29 is 48.1 Å². The molecule has 0 aromatic heterocycles. The fourth-order valence-electron chi connectivity index (χ4n) is 0.329. The molecule has 0 aliphatic carbocycles. The second-order valence-corrected chi connectivity index (χ2v) is 1.33. The van der Waals surface area contributed by atoms with E-state index in [1.807, 2.05) is 0 Å². The van der Waals surface area contributed by atoms with Crippen LogP contribution in [-0.4, -0.2) is 26.2 Å². The number of hydrogen-bond donors (Lipinski definition) is 3. The van der Waals surface area contributed by atoms with Crippen molar-refractivity contribution in [2.75, 3.05) is 26.2 Å². The van der Waals surface area contributed by atoms with Gasteiger partial charge in [-0.05, 0) is 0 Å². The Morgan fingerprint density at radius 1 is 1.11 bits per heavy atom. The Morgan fingerprint density at radius 2 is 1.44 bits per heavy atom. The monoisotopic (exact) mass is 183 g/mol. The predicted molar refractivity (Wildman–Crippen MR) is 32.1 cm³/mol. The van der Waals surface area contributed by atoms with E-state index < -0.39 is 0 Å². The standard InChI is InChI=1S/C4H13N3.Fe.Na.H/c5-1-3-7-4-2-6;;;/h7H,1-6H2;;;/q;;+1;-1. The average molecular weight is 183 g/mol. The quantitative estimate of drug-likeness (QED) is 0.304. The third-order valence-corrected chi connectivity index (χ3v) is 0.642. The van der Waals surface area contributed by atoms with E-state index in [1.165, 1.54) is 0 Å². The van der Waals surface area contributed by atoms with Crippen LogP contribution in [0.3, 0.4) is 0 Å². The molecular weight excluding hydrogens is 169 g/mol. The van der Waals surface area contributed by atoms with Gasteiger partial charge in [-0.2, -0.15) is 0 Å². The molecule has 54 valence electrons. The molecule has 0 spiro atoms. The third kappa shape index (κ3) is 17.7. The molecule has 5 heteroatoms. The predicted octanol–water partition coefficient (Wildman–Crippen LogP) is -4.39. The molecule has 0 amide bonds. The molecule has 0 aliphatic heterocycles. The van der Waals surface area contributed by atoms with Crippen molar-refractivity contribution >= 4 is 0 Å². The van der Waals surface area contributed by atoms with Crippen molar-refractivity contribution in [3.8, 4) is 0 Å². The van der Waals surface area contributed by atoms with Gasteiger partial charge >= 0.3 is 29.6 Å². The number of hydrogen-bond acceptors (Lipinski definition) is 3. The molecule has 0 rings (SSSR count). The second-order valence-electron chi connectivity index (χ2n) is 1.33. The van der Waals surface area contributed by atoms with Crippen molar-refractivity contribution in [2.24, 2.45) is 11.5 Å². The summed E-state index contributed by atoms with van der Waals surface area (Å²) in [7, 11) is 0. The zero-order valence-electron chi connectivity index (χ0n) is 6.84. The van der Waals surface area contributed by atoms with Crippen molar-refractivity contribution in [2.45, 2.75) is 0 Å². The number of nitrogens with two attached hydrogens (primary N) is 2. The van der Waals surface area contributed by atoms with E-state index in [2.05, 4.69) is 5.32 Å². The molecular formula is C4H14FeN3Na. The first kappa shape index (κ1) is 16.8. The van der Waals surface area contributed by atoms with E-state index in [0.29, 0.717) is 13.1 Å². The molecule has 0 saturated heterocycles. The first-order valence-corrected chi connectivity index (χ1v) is 2.52. The summed E-state index contributed by atoms with van der Waals surface area (Å²) in [6, 6.07) is 0. The molecule has 0 fully saturated rings. The molecule has 0 aliphatic rings. The molecule has 0 bridgehead atoms. The summed E-state index contributed by atoms with van der Waals surface area (Å²) in [6.07, 6.45) is 0. The van der Waals surface area contributed by atoms with Crippen molar-refractivity contribution in [3.05, 3.63) is 0 Å². The van der Waals surface area contributed by atoms with Gasteiger partial charge < -0.3 is 18.2 Å². The van der Waals surface area contributed by atoms with Crippen LogP contribution in [0.2, 0.25) is 0 Å². The van der Waals surface area contributed by atoms with Gasteiger partial charge in [0.15, 0.2) is 0 Å². The van der Waals surface area contributed by atoms with Gasteiger partial charge in [-0.25, -0.2) is 0 Å². The maximum absolute atomic E-state index is 5.17. The fourth-order valence-corrected chi connectivity index (χ4v) is 0.329. The van der Waals surface area contributed by atoms with Gasteiger partial charge in [0.2, 0.25) is 0 Å². The molecule has 5 N–H and O–H groups in total. The van der Waals surface area contributed by atoms with Crippen molar-refractivity contribution in [1.82, 2.24) is 5.32 Å². The van der Waals surface area contributed by atoms with E-state index >= 15 is 0 Å². The molecule has 0 atom stereocenters. The molecule has 0 aromatic carbocycles. The van der Waals surface area contributed by atoms with Gasteiger partial charge in [0, 0.05) is 43.2 Å². The Labute approximate surface area is 90.6 Å². The largest absolute Gasteiger partial charge is 1.00 e. The van der Waals surface area contributed by atoms with E-state index in [9.17, 15) is 0 Å². The average Bonchev–Trinajstić information content (AvgIpc) is 1.69. The zero-order valence-corrected chi connectivity index (χ0v) is 8.94. The van der Waals surface area contributed by atoms with Gasteiger partial charge in [0.05, 0.1) is 0 Å². The summed E-state index contributed by atoms with van der Waals surface area (Å²) in [5.74, 6) is 0. The Hall–Kier alpha value is 1.40. The van der Waals surface area contributed by atoms with Gasteiger partial charge in [0.1, 0.15) is 0 Å². The minimum Gasteiger partial charge on any atom is -1.00 e. The van der Waals surface area contributed by atoms with Crippen LogP contribution in [0.5, 0.6) is 0 Å². The smallest absolute Gasteiger partial charge is 1.00 e. The van der Waals surface area contributed by atoms with Crippen LogP contribution < -0.4 is 46.3 Å². The molecule has 0 aromatic rings. The first-order chi connectivity index (χ1) is 3.41. The fraction of sp³-hybridized carbons (Fsp3) is 1.00. The Kier molecular flexibility index (Phi) is 30.2. The van der Waals surface area contributed by atoms with Crippen LogP contribution in [0, 0.1) is 0 Å². The van der Waals surface area contributed by atoms with Crippen LogP contribution >= 0.6 is 0 Å². The SMILES string of the molecule is NCCNCCN.[Fe].[H-].[Na+]. The second kappa shape index (κ2) is 16.2. The van der Waals surface area contributed by atoms with Crippen LogP contribution in [0.25, 0.3) is 0 Å².